The summed E-state index contributed by atoms with van der Waals surface area (Å²) in [6.07, 6.45) is -6.18. The van der Waals surface area contributed by atoms with Crippen LogP contribution < -0.4 is 0 Å². The largest absolute Gasteiger partial charge is 0.469 e. The Morgan fingerprint density at radius 3 is 2.35 bits per heavy atom. The molecule has 98 valence electrons. The van der Waals surface area contributed by atoms with E-state index in [2.05, 4.69) is 9.73 Å². The number of ketones is 1. The minimum atomic E-state index is -4.88. The molecule has 0 aliphatic carbocycles. The zero-order valence-corrected chi connectivity index (χ0v) is 9.28. The van der Waals surface area contributed by atoms with Crippen LogP contribution in [0.25, 0.3) is 0 Å². The van der Waals surface area contributed by atoms with Crippen molar-refractivity contribution in [3.8, 4) is 0 Å². The molecule has 0 aromatic rings. The van der Waals surface area contributed by atoms with Crippen molar-refractivity contribution in [3.63, 3.8) is 0 Å². The number of halogens is 3. The molecule has 0 heterocycles. The lowest BCUT2D eigenvalue weighted by molar-refractivity contribution is -0.169. The summed E-state index contributed by atoms with van der Waals surface area (Å²) in [5.41, 5.74) is 0. The molecule has 0 radical (unpaired) electrons. The first-order valence-corrected chi connectivity index (χ1v) is 4.52. The van der Waals surface area contributed by atoms with Gasteiger partial charge in [0, 0.05) is 13.3 Å². The van der Waals surface area contributed by atoms with E-state index in [-0.39, 0.29) is 6.42 Å². The zero-order chi connectivity index (χ0) is 13.5. The van der Waals surface area contributed by atoms with Crippen molar-refractivity contribution in [2.45, 2.75) is 25.2 Å². The molecule has 0 aliphatic rings. The number of esters is 1. The van der Waals surface area contributed by atoms with Gasteiger partial charge >= 0.3 is 12.1 Å². The first kappa shape index (κ1) is 15.6. The van der Waals surface area contributed by atoms with Crippen LogP contribution in [0.5, 0.6) is 0 Å². The number of Topliss-reactive ketones (excluding diaryl/α,β-unsaturated/α-hetero) is 1. The van der Waals surface area contributed by atoms with Crippen LogP contribution in [0.15, 0.2) is 4.99 Å². The van der Waals surface area contributed by atoms with Gasteiger partial charge in [0.1, 0.15) is 0 Å². The molecule has 0 rings (SSSR count). The highest BCUT2D eigenvalue weighted by atomic mass is 19.4. The summed E-state index contributed by atoms with van der Waals surface area (Å²) in [4.78, 5) is 24.8. The smallest absolute Gasteiger partial charge is 0.450 e. The minimum absolute atomic E-state index is 0.232. The van der Waals surface area contributed by atoms with Crippen LogP contribution in [0.3, 0.4) is 0 Å². The van der Waals surface area contributed by atoms with Crippen molar-refractivity contribution in [3.05, 3.63) is 0 Å². The molecule has 0 saturated heterocycles. The van der Waals surface area contributed by atoms with Gasteiger partial charge in [-0.15, -0.1) is 0 Å². The number of hydrogen-bond donors (Lipinski definition) is 0. The van der Waals surface area contributed by atoms with E-state index >= 15 is 0 Å². The topological polar surface area (TPSA) is 65.0 Å². The number of ether oxygens (including phenoxy) is 2. The van der Waals surface area contributed by atoms with Gasteiger partial charge in [-0.25, -0.2) is 0 Å². The fourth-order valence-electron chi connectivity index (χ4n) is 0.792. The number of methoxy groups -OCH3 is 2. The molecule has 5 nitrogen and oxygen atoms in total. The average Bonchev–Trinajstić information content (AvgIpc) is 2.25. The second-order valence-corrected chi connectivity index (χ2v) is 2.93. The van der Waals surface area contributed by atoms with E-state index in [4.69, 9.17) is 4.74 Å². The fourth-order valence-corrected chi connectivity index (χ4v) is 0.792. The SMILES string of the molecule is COC(=O)CC(N=CCC(=O)C(F)(F)F)OC. The van der Waals surface area contributed by atoms with Gasteiger partial charge < -0.3 is 9.47 Å². The average molecular weight is 255 g/mol. The van der Waals surface area contributed by atoms with Crippen LogP contribution in [-0.4, -0.2) is 44.6 Å². The number of carbonyl (C=O) groups excluding carboxylic acids is 2. The molecule has 0 saturated carbocycles. The molecule has 1 unspecified atom stereocenters. The number of hydrogen-bond acceptors (Lipinski definition) is 5. The third kappa shape index (κ3) is 6.67. The second-order valence-electron chi connectivity index (χ2n) is 2.93. The van der Waals surface area contributed by atoms with Crippen LogP contribution in [0.1, 0.15) is 12.8 Å². The summed E-state index contributed by atoms with van der Waals surface area (Å²) < 4.78 is 44.4. The van der Waals surface area contributed by atoms with Gasteiger partial charge in [-0.3, -0.25) is 14.6 Å². The molecule has 0 aromatic heterocycles. The Hall–Kier alpha value is -1.44. The predicted molar refractivity (Wildman–Crippen MR) is 51.6 cm³/mol. The van der Waals surface area contributed by atoms with Crippen molar-refractivity contribution < 1.29 is 32.2 Å². The first-order valence-electron chi connectivity index (χ1n) is 4.52. The summed E-state index contributed by atoms with van der Waals surface area (Å²) in [5, 5.41) is 0. The molecule has 0 aromatic carbocycles. The van der Waals surface area contributed by atoms with E-state index in [1.165, 1.54) is 7.11 Å². The number of nitrogens with zero attached hydrogens (tertiary/aromatic N) is 1. The molecule has 17 heavy (non-hydrogen) atoms. The number of carbonyl (C=O) groups is 2. The summed E-state index contributed by atoms with van der Waals surface area (Å²) >= 11 is 0. The third-order valence-corrected chi connectivity index (χ3v) is 1.71. The number of aliphatic imine (C=N–C) groups is 1. The maximum atomic E-state index is 11.8. The van der Waals surface area contributed by atoms with Gasteiger partial charge in [0.25, 0.3) is 0 Å². The molecule has 0 aliphatic heterocycles. The van der Waals surface area contributed by atoms with Crippen LogP contribution in [0, 0.1) is 0 Å². The van der Waals surface area contributed by atoms with Crippen molar-refractivity contribution in [2.24, 2.45) is 4.99 Å². The van der Waals surface area contributed by atoms with Gasteiger partial charge in [-0.05, 0) is 0 Å². The van der Waals surface area contributed by atoms with E-state index < -0.39 is 30.6 Å². The van der Waals surface area contributed by atoms with Crippen molar-refractivity contribution in [2.75, 3.05) is 14.2 Å². The van der Waals surface area contributed by atoms with Crippen LogP contribution in [0.4, 0.5) is 13.2 Å². The van der Waals surface area contributed by atoms with Crippen LogP contribution >= 0.6 is 0 Å². The Balaban J connectivity index is 4.21. The lowest BCUT2D eigenvalue weighted by atomic mass is 10.3. The van der Waals surface area contributed by atoms with E-state index in [1.54, 1.807) is 0 Å². The Morgan fingerprint density at radius 1 is 1.35 bits per heavy atom. The van der Waals surface area contributed by atoms with Crippen LogP contribution in [-0.2, 0) is 19.1 Å². The molecule has 0 amide bonds. The zero-order valence-electron chi connectivity index (χ0n) is 9.28. The van der Waals surface area contributed by atoms with Crippen molar-refractivity contribution in [1.82, 2.24) is 0 Å². The van der Waals surface area contributed by atoms with E-state index in [0.717, 1.165) is 13.3 Å². The van der Waals surface area contributed by atoms with Gasteiger partial charge in [-0.1, -0.05) is 0 Å². The maximum Gasteiger partial charge on any atom is 0.450 e. The molecule has 0 spiro atoms. The Bertz CT molecular complexity index is 301. The van der Waals surface area contributed by atoms with Crippen LogP contribution in [0.2, 0.25) is 0 Å². The third-order valence-electron chi connectivity index (χ3n) is 1.71. The van der Waals surface area contributed by atoms with Gasteiger partial charge in [0.05, 0.1) is 20.0 Å². The highest BCUT2D eigenvalue weighted by Gasteiger charge is 2.37. The molecule has 0 bridgehead atoms. The van der Waals surface area contributed by atoms with E-state index in [1.807, 2.05) is 0 Å². The van der Waals surface area contributed by atoms with Crippen molar-refractivity contribution in [1.29, 1.82) is 0 Å². The maximum absolute atomic E-state index is 11.8. The summed E-state index contributed by atoms with van der Waals surface area (Å²) in [6.45, 7) is 0. The minimum Gasteiger partial charge on any atom is -0.469 e. The standard InChI is InChI=1S/C9H12F3NO4/c1-16-7(5-8(15)17-2)13-4-3-6(14)9(10,11)12/h4,7H,3,5H2,1-2H3. The Labute approximate surface area is 95.6 Å². The number of rotatable bonds is 6. The highest BCUT2D eigenvalue weighted by molar-refractivity contribution is 5.95. The van der Waals surface area contributed by atoms with Gasteiger partial charge in [0.2, 0.25) is 5.78 Å². The Morgan fingerprint density at radius 2 is 1.94 bits per heavy atom. The molecule has 1 atom stereocenters. The van der Waals surface area contributed by atoms with E-state index in [0.29, 0.717) is 0 Å². The fraction of sp³-hybridized carbons (Fsp3) is 0.667. The quantitative estimate of drug-likeness (QED) is 0.527. The molecule has 0 fully saturated rings. The summed E-state index contributed by atoms with van der Waals surface area (Å²) in [6, 6.07) is 0. The molecule has 8 heteroatoms. The lowest BCUT2D eigenvalue weighted by Gasteiger charge is -2.08. The molecular formula is C9H12F3NO4. The number of alkyl halides is 3. The second kappa shape index (κ2) is 7.00. The first-order chi connectivity index (χ1) is 7.81. The van der Waals surface area contributed by atoms with Gasteiger partial charge in [-0.2, -0.15) is 13.2 Å². The molecular weight excluding hydrogens is 243 g/mol. The monoisotopic (exact) mass is 255 g/mol. The lowest BCUT2D eigenvalue weighted by Crippen LogP contribution is -2.23. The summed E-state index contributed by atoms with van der Waals surface area (Å²) in [5.74, 6) is -2.52. The molecule has 0 N–H and O–H groups in total. The van der Waals surface area contributed by atoms with Crippen molar-refractivity contribution >= 4 is 18.0 Å². The Kier molecular flexibility index (Phi) is 6.40. The highest BCUT2D eigenvalue weighted by Crippen LogP contribution is 2.17. The van der Waals surface area contributed by atoms with Gasteiger partial charge in [0.15, 0.2) is 6.23 Å². The predicted octanol–water partition coefficient (Wildman–Crippen LogP) is 1.11. The van der Waals surface area contributed by atoms with E-state index in [9.17, 15) is 22.8 Å². The summed E-state index contributed by atoms with van der Waals surface area (Å²) in [7, 11) is 2.39. The normalized spacial score (nSPS) is 13.7.